The highest BCUT2D eigenvalue weighted by Gasteiger charge is 2.16. The lowest BCUT2D eigenvalue weighted by Gasteiger charge is -2.22. The monoisotopic (exact) mass is 187 g/mol. The van der Waals surface area contributed by atoms with E-state index < -0.39 is 0 Å². The number of hydrogen-bond donors (Lipinski definition) is 1. The number of halogens is 1. The summed E-state index contributed by atoms with van der Waals surface area (Å²) in [4.78, 5) is 0. The van der Waals surface area contributed by atoms with Crippen LogP contribution in [0.2, 0.25) is 0 Å². The minimum absolute atomic E-state index is 0.0763. The SMILES string of the molecule is CC1=C(/C=C(\C)Cl)C(N)CCO1. The molecule has 0 bridgehead atoms. The molecule has 0 spiro atoms. The van der Waals surface area contributed by atoms with E-state index in [4.69, 9.17) is 22.1 Å². The Labute approximate surface area is 78.0 Å². The molecule has 0 aromatic heterocycles. The standard InChI is InChI=1S/C9H14ClNO/c1-6(10)5-8-7(2)12-4-3-9(8)11/h5,9H,3-4,11H2,1-2H3/b6-5+. The van der Waals surface area contributed by atoms with Crippen LogP contribution in [0.5, 0.6) is 0 Å². The highest BCUT2D eigenvalue weighted by molar-refractivity contribution is 6.29. The van der Waals surface area contributed by atoms with Crippen LogP contribution < -0.4 is 5.73 Å². The van der Waals surface area contributed by atoms with E-state index in [2.05, 4.69) is 0 Å². The maximum atomic E-state index is 5.88. The van der Waals surface area contributed by atoms with Crippen LogP contribution in [0.25, 0.3) is 0 Å². The molecule has 0 aromatic rings. The van der Waals surface area contributed by atoms with Crippen LogP contribution in [0.1, 0.15) is 20.3 Å². The maximum absolute atomic E-state index is 5.88. The molecule has 1 unspecified atom stereocenters. The third-order valence-corrected chi connectivity index (χ3v) is 2.02. The van der Waals surface area contributed by atoms with Crippen molar-refractivity contribution in [3.63, 3.8) is 0 Å². The molecule has 0 aromatic carbocycles. The first-order valence-electron chi connectivity index (χ1n) is 4.04. The molecule has 0 amide bonds. The normalized spacial score (nSPS) is 25.7. The van der Waals surface area contributed by atoms with Gasteiger partial charge in [0.1, 0.15) is 0 Å². The maximum Gasteiger partial charge on any atom is 0.0976 e. The van der Waals surface area contributed by atoms with Gasteiger partial charge in [-0.2, -0.15) is 0 Å². The first-order chi connectivity index (χ1) is 5.61. The average Bonchev–Trinajstić information content (AvgIpc) is 1.97. The predicted molar refractivity (Wildman–Crippen MR) is 50.9 cm³/mol. The number of nitrogens with two attached hydrogens (primary N) is 1. The summed E-state index contributed by atoms with van der Waals surface area (Å²) in [5.41, 5.74) is 6.90. The summed E-state index contributed by atoms with van der Waals surface area (Å²) in [6.45, 7) is 4.47. The number of hydrogen-bond acceptors (Lipinski definition) is 2. The van der Waals surface area contributed by atoms with E-state index in [1.807, 2.05) is 19.9 Å². The number of rotatable bonds is 1. The van der Waals surface area contributed by atoms with E-state index in [-0.39, 0.29) is 6.04 Å². The molecule has 1 rings (SSSR count). The van der Waals surface area contributed by atoms with Gasteiger partial charge in [0, 0.05) is 23.1 Å². The summed E-state index contributed by atoms with van der Waals surface area (Å²) in [5, 5.41) is 0.741. The van der Waals surface area contributed by atoms with Gasteiger partial charge in [0.25, 0.3) is 0 Å². The van der Waals surface area contributed by atoms with Crippen molar-refractivity contribution in [2.24, 2.45) is 5.73 Å². The van der Waals surface area contributed by atoms with E-state index in [9.17, 15) is 0 Å². The van der Waals surface area contributed by atoms with Crippen LogP contribution in [0.4, 0.5) is 0 Å². The van der Waals surface area contributed by atoms with Crippen molar-refractivity contribution in [3.05, 3.63) is 22.4 Å². The molecule has 0 radical (unpaired) electrons. The Bertz CT molecular complexity index is 229. The van der Waals surface area contributed by atoms with E-state index in [0.717, 1.165) is 22.8 Å². The van der Waals surface area contributed by atoms with Crippen LogP contribution in [0.3, 0.4) is 0 Å². The van der Waals surface area contributed by atoms with Gasteiger partial charge in [-0.05, 0) is 19.9 Å². The Kier molecular flexibility index (Phi) is 3.18. The van der Waals surface area contributed by atoms with Crippen LogP contribution in [0.15, 0.2) is 22.4 Å². The predicted octanol–water partition coefficient (Wildman–Crippen LogP) is 2.15. The van der Waals surface area contributed by atoms with Gasteiger partial charge < -0.3 is 10.5 Å². The van der Waals surface area contributed by atoms with E-state index in [1.54, 1.807) is 0 Å². The first-order valence-corrected chi connectivity index (χ1v) is 4.42. The molecule has 2 N–H and O–H groups in total. The van der Waals surface area contributed by atoms with Crippen molar-refractivity contribution in [1.82, 2.24) is 0 Å². The zero-order valence-corrected chi connectivity index (χ0v) is 8.19. The third kappa shape index (κ3) is 2.26. The van der Waals surface area contributed by atoms with Gasteiger partial charge in [-0.1, -0.05) is 11.6 Å². The lowest BCUT2D eigenvalue weighted by atomic mass is 10.0. The molecule has 0 saturated heterocycles. The summed E-state index contributed by atoms with van der Waals surface area (Å²) in [6.07, 6.45) is 2.74. The van der Waals surface area contributed by atoms with E-state index in [0.29, 0.717) is 6.61 Å². The van der Waals surface area contributed by atoms with Crippen LogP contribution in [-0.2, 0) is 4.74 Å². The molecular formula is C9H14ClNO. The Morgan fingerprint density at radius 1 is 1.75 bits per heavy atom. The second kappa shape index (κ2) is 3.97. The van der Waals surface area contributed by atoms with Crippen molar-refractivity contribution in [2.75, 3.05) is 6.61 Å². The van der Waals surface area contributed by atoms with Gasteiger partial charge in [0.05, 0.1) is 12.4 Å². The van der Waals surface area contributed by atoms with Crippen molar-refractivity contribution in [2.45, 2.75) is 26.3 Å². The summed E-state index contributed by atoms with van der Waals surface area (Å²) < 4.78 is 5.36. The minimum Gasteiger partial charge on any atom is -0.498 e. The summed E-state index contributed by atoms with van der Waals surface area (Å²) in [5.74, 6) is 0.897. The largest absolute Gasteiger partial charge is 0.498 e. The van der Waals surface area contributed by atoms with E-state index >= 15 is 0 Å². The lowest BCUT2D eigenvalue weighted by Crippen LogP contribution is -2.28. The average molecular weight is 188 g/mol. The highest BCUT2D eigenvalue weighted by Crippen LogP contribution is 2.20. The fourth-order valence-electron chi connectivity index (χ4n) is 1.26. The summed E-state index contributed by atoms with van der Waals surface area (Å²) >= 11 is 5.76. The first kappa shape index (κ1) is 9.62. The van der Waals surface area contributed by atoms with Gasteiger partial charge in [-0.3, -0.25) is 0 Å². The molecule has 68 valence electrons. The topological polar surface area (TPSA) is 35.2 Å². The van der Waals surface area contributed by atoms with Crippen molar-refractivity contribution in [3.8, 4) is 0 Å². The zero-order valence-electron chi connectivity index (χ0n) is 7.43. The molecule has 0 aliphatic carbocycles. The molecule has 3 heteroatoms. The molecule has 2 nitrogen and oxygen atoms in total. The van der Waals surface area contributed by atoms with Gasteiger partial charge >= 0.3 is 0 Å². The van der Waals surface area contributed by atoms with Crippen molar-refractivity contribution in [1.29, 1.82) is 0 Å². The van der Waals surface area contributed by atoms with Crippen molar-refractivity contribution < 1.29 is 4.74 Å². The van der Waals surface area contributed by atoms with E-state index in [1.165, 1.54) is 0 Å². The molecular weight excluding hydrogens is 174 g/mol. The fourth-order valence-corrected chi connectivity index (χ4v) is 1.38. The number of ether oxygens (including phenoxy) is 1. The molecule has 12 heavy (non-hydrogen) atoms. The summed E-state index contributed by atoms with van der Waals surface area (Å²) in [7, 11) is 0. The highest BCUT2D eigenvalue weighted by atomic mass is 35.5. The fraction of sp³-hybridized carbons (Fsp3) is 0.556. The molecule has 1 atom stereocenters. The Morgan fingerprint density at radius 2 is 2.42 bits per heavy atom. The Morgan fingerprint density at radius 3 is 2.92 bits per heavy atom. The second-order valence-corrected chi connectivity index (χ2v) is 3.58. The van der Waals surface area contributed by atoms with Crippen LogP contribution >= 0.6 is 11.6 Å². The molecule has 0 saturated carbocycles. The summed E-state index contributed by atoms with van der Waals surface area (Å²) in [6, 6.07) is 0.0763. The van der Waals surface area contributed by atoms with Crippen LogP contribution in [-0.4, -0.2) is 12.6 Å². The lowest BCUT2D eigenvalue weighted by molar-refractivity contribution is 0.184. The van der Waals surface area contributed by atoms with Crippen LogP contribution in [0, 0.1) is 0 Å². The number of allylic oxidation sites excluding steroid dienone is 2. The molecule has 1 heterocycles. The smallest absolute Gasteiger partial charge is 0.0976 e. The Hall–Kier alpha value is -0.470. The van der Waals surface area contributed by atoms with Gasteiger partial charge in [-0.25, -0.2) is 0 Å². The molecule has 0 fully saturated rings. The van der Waals surface area contributed by atoms with Crippen molar-refractivity contribution >= 4 is 11.6 Å². The van der Waals surface area contributed by atoms with Gasteiger partial charge in [-0.15, -0.1) is 0 Å². The zero-order chi connectivity index (χ0) is 9.14. The second-order valence-electron chi connectivity index (χ2n) is 2.99. The minimum atomic E-state index is 0.0763. The molecule has 1 aliphatic heterocycles. The molecule has 1 aliphatic rings. The third-order valence-electron chi connectivity index (χ3n) is 1.91. The van der Waals surface area contributed by atoms with Gasteiger partial charge in [0.15, 0.2) is 0 Å². The quantitative estimate of drug-likeness (QED) is 0.683. The van der Waals surface area contributed by atoms with Gasteiger partial charge in [0.2, 0.25) is 0 Å². The Balaban J connectivity index is 2.88.